The third-order valence-corrected chi connectivity index (χ3v) is 6.80. The van der Waals surface area contributed by atoms with Gasteiger partial charge in [-0.2, -0.15) is 0 Å². The summed E-state index contributed by atoms with van der Waals surface area (Å²) in [4.78, 5) is 42.0. The van der Waals surface area contributed by atoms with Gasteiger partial charge in [-0.15, -0.1) is 0 Å². The quantitative estimate of drug-likeness (QED) is 0.730. The van der Waals surface area contributed by atoms with E-state index in [0.29, 0.717) is 56.8 Å². The minimum Gasteiger partial charge on any atom is -0.465 e. The summed E-state index contributed by atoms with van der Waals surface area (Å²) < 4.78 is 5.77. The van der Waals surface area contributed by atoms with Crippen LogP contribution >= 0.6 is 0 Å². The summed E-state index contributed by atoms with van der Waals surface area (Å²) in [7, 11) is 0. The van der Waals surface area contributed by atoms with E-state index in [0.717, 1.165) is 16.8 Å². The highest BCUT2D eigenvalue weighted by molar-refractivity contribution is 5.97. The molecule has 1 spiro atoms. The van der Waals surface area contributed by atoms with Gasteiger partial charge in [0.15, 0.2) is 5.60 Å². The summed E-state index contributed by atoms with van der Waals surface area (Å²) in [5.74, 6) is -0.388. The SMILES string of the molecule is Cc1cc(N2CCN(C(=O)O)CC2)ccc1C(=O)N1CC[C@@]2(C1)OC(=O)c1ccccc12. The maximum absolute atomic E-state index is 13.3. The molecule has 0 saturated carbocycles. The lowest BCUT2D eigenvalue weighted by molar-refractivity contribution is -0.00307. The number of ether oxygens (including phenoxy) is 1. The number of rotatable bonds is 2. The van der Waals surface area contributed by atoms with E-state index in [1.807, 2.05) is 43.3 Å². The minimum absolute atomic E-state index is 0.0675. The van der Waals surface area contributed by atoms with Gasteiger partial charge in [-0.25, -0.2) is 9.59 Å². The third kappa shape index (κ3) is 3.26. The van der Waals surface area contributed by atoms with E-state index < -0.39 is 11.7 Å². The average molecular weight is 435 g/mol. The lowest BCUT2D eigenvalue weighted by Gasteiger charge is -2.35. The van der Waals surface area contributed by atoms with Crippen LogP contribution in [0.1, 0.15) is 38.3 Å². The average Bonchev–Trinajstić information content (AvgIpc) is 3.35. The molecule has 0 radical (unpaired) electrons. The Balaban J connectivity index is 1.31. The molecule has 2 fully saturated rings. The maximum atomic E-state index is 13.3. The number of anilines is 1. The number of esters is 1. The first kappa shape index (κ1) is 20.4. The second-order valence-electron chi connectivity index (χ2n) is 8.66. The van der Waals surface area contributed by atoms with Crippen LogP contribution in [0, 0.1) is 6.92 Å². The van der Waals surface area contributed by atoms with Gasteiger partial charge in [0.25, 0.3) is 5.91 Å². The van der Waals surface area contributed by atoms with Crippen LogP contribution in [-0.4, -0.2) is 72.1 Å². The van der Waals surface area contributed by atoms with Gasteiger partial charge in [0.1, 0.15) is 0 Å². The second kappa shape index (κ2) is 7.55. The Morgan fingerprint density at radius 2 is 1.75 bits per heavy atom. The van der Waals surface area contributed by atoms with Crippen molar-refractivity contribution in [3.05, 3.63) is 64.7 Å². The van der Waals surface area contributed by atoms with Crippen molar-refractivity contribution in [2.24, 2.45) is 0 Å². The zero-order chi connectivity index (χ0) is 22.5. The van der Waals surface area contributed by atoms with Gasteiger partial charge in [-0.1, -0.05) is 18.2 Å². The molecule has 0 aromatic heterocycles. The van der Waals surface area contributed by atoms with Crippen LogP contribution in [0.5, 0.6) is 0 Å². The maximum Gasteiger partial charge on any atom is 0.407 e. The van der Waals surface area contributed by atoms with Crippen LogP contribution in [0.25, 0.3) is 0 Å². The van der Waals surface area contributed by atoms with Crippen molar-refractivity contribution in [2.45, 2.75) is 18.9 Å². The van der Waals surface area contributed by atoms with E-state index in [1.165, 1.54) is 4.90 Å². The Morgan fingerprint density at radius 3 is 2.47 bits per heavy atom. The van der Waals surface area contributed by atoms with Gasteiger partial charge in [-0.3, -0.25) is 4.79 Å². The number of carbonyl (C=O) groups is 3. The number of nitrogens with zero attached hydrogens (tertiary/aromatic N) is 3. The van der Waals surface area contributed by atoms with Crippen molar-refractivity contribution < 1.29 is 24.2 Å². The number of benzene rings is 2. The Bertz CT molecular complexity index is 1110. The number of piperazine rings is 1. The van der Waals surface area contributed by atoms with E-state index in [2.05, 4.69) is 4.90 Å². The predicted molar refractivity (Wildman–Crippen MR) is 117 cm³/mol. The van der Waals surface area contributed by atoms with Crippen LogP contribution < -0.4 is 4.90 Å². The van der Waals surface area contributed by atoms with Gasteiger partial charge in [-0.05, 0) is 36.8 Å². The topological polar surface area (TPSA) is 90.4 Å². The number of hydrogen-bond acceptors (Lipinski definition) is 5. The minimum atomic E-state index is -0.888. The van der Waals surface area contributed by atoms with E-state index in [9.17, 15) is 14.4 Å². The van der Waals surface area contributed by atoms with Gasteiger partial charge in [0.05, 0.1) is 12.1 Å². The molecule has 32 heavy (non-hydrogen) atoms. The largest absolute Gasteiger partial charge is 0.465 e. The Morgan fingerprint density at radius 1 is 1.00 bits per heavy atom. The first-order valence-corrected chi connectivity index (χ1v) is 10.8. The zero-order valence-electron chi connectivity index (χ0n) is 17.9. The summed E-state index contributed by atoms with van der Waals surface area (Å²) in [5.41, 5.74) is 3.20. The van der Waals surface area contributed by atoms with E-state index in [4.69, 9.17) is 9.84 Å². The molecule has 1 atom stereocenters. The van der Waals surface area contributed by atoms with E-state index in [1.54, 1.807) is 11.0 Å². The number of aryl methyl sites for hydroxylation is 1. The molecule has 2 aromatic rings. The third-order valence-electron chi connectivity index (χ3n) is 6.80. The van der Waals surface area contributed by atoms with E-state index >= 15 is 0 Å². The van der Waals surface area contributed by atoms with Crippen molar-refractivity contribution >= 4 is 23.7 Å². The number of carbonyl (C=O) groups excluding carboxylic acids is 2. The number of hydrogen-bond donors (Lipinski definition) is 1. The molecule has 166 valence electrons. The number of fused-ring (bicyclic) bond motifs is 2. The van der Waals surface area contributed by atoms with Crippen LogP contribution in [0.15, 0.2) is 42.5 Å². The molecule has 8 nitrogen and oxygen atoms in total. The summed E-state index contributed by atoms with van der Waals surface area (Å²) in [6.07, 6.45) is -0.298. The molecule has 0 unspecified atom stereocenters. The van der Waals surface area contributed by atoms with Crippen molar-refractivity contribution in [2.75, 3.05) is 44.2 Å². The number of amides is 2. The molecular weight excluding hydrogens is 410 g/mol. The monoisotopic (exact) mass is 435 g/mol. The van der Waals surface area contributed by atoms with E-state index in [-0.39, 0.29) is 11.9 Å². The Hall–Kier alpha value is -3.55. The van der Waals surface area contributed by atoms with Crippen LogP contribution in [-0.2, 0) is 10.3 Å². The fourth-order valence-electron chi connectivity index (χ4n) is 5.02. The fourth-order valence-corrected chi connectivity index (χ4v) is 5.02. The summed E-state index contributed by atoms with van der Waals surface area (Å²) in [5, 5.41) is 9.12. The van der Waals surface area contributed by atoms with Crippen molar-refractivity contribution in [1.29, 1.82) is 0 Å². The highest BCUT2D eigenvalue weighted by atomic mass is 16.6. The van der Waals surface area contributed by atoms with Gasteiger partial charge < -0.3 is 24.5 Å². The normalized spacial score (nSPS) is 22.3. The van der Waals surface area contributed by atoms with Crippen LogP contribution in [0.2, 0.25) is 0 Å². The molecule has 3 heterocycles. The molecule has 8 heteroatoms. The first-order valence-electron chi connectivity index (χ1n) is 10.8. The lowest BCUT2D eigenvalue weighted by atomic mass is 9.91. The molecule has 1 N–H and O–H groups in total. The fraction of sp³-hybridized carbons (Fsp3) is 0.375. The molecule has 3 aliphatic rings. The molecule has 3 aliphatic heterocycles. The number of carboxylic acid groups (broad SMARTS) is 1. The highest BCUT2D eigenvalue weighted by Gasteiger charge is 2.51. The van der Waals surface area contributed by atoms with Crippen LogP contribution in [0.4, 0.5) is 10.5 Å². The van der Waals surface area contributed by atoms with Gasteiger partial charge in [0, 0.05) is 56.0 Å². The van der Waals surface area contributed by atoms with Crippen molar-refractivity contribution in [3.8, 4) is 0 Å². The summed E-state index contributed by atoms with van der Waals surface area (Å²) in [6.45, 7) is 4.97. The van der Waals surface area contributed by atoms with Crippen molar-refractivity contribution in [1.82, 2.24) is 9.80 Å². The molecule has 2 saturated heterocycles. The molecule has 5 rings (SSSR count). The Labute approximate surface area is 186 Å². The standard InChI is InChI=1S/C24H25N3O5/c1-16-14-17(25-10-12-26(13-11-25)23(30)31)6-7-18(16)21(28)27-9-8-24(15-27)20-5-3-2-4-19(20)22(29)32-24/h2-7,14H,8-13,15H2,1H3,(H,30,31)/t24-/m0/s1. The van der Waals surface area contributed by atoms with Crippen LogP contribution in [0.3, 0.4) is 0 Å². The number of likely N-dealkylation sites (tertiary alicyclic amines) is 1. The second-order valence-corrected chi connectivity index (χ2v) is 8.66. The predicted octanol–water partition coefficient (Wildman–Crippen LogP) is 2.71. The summed E-state index contributed by atoms with van der Waals surface area (Å²) >= 11 is 0. The molecular formula is C24H25N3O5. The Kier molecular flexibility index (Phi) is 4.80. The lowest BCUT2D eigenvalue weighted by Crippen LogP contribution is -2.48. The van der Waals surface area contributed by atoms with Crippen molar-refractivity contribution in [3.63, 3.8) is 0 Å². The van der Waals surface area contributed by atoms with Gasteiger partial charge in [0.2, 0.25) is 0 Å². The molecule has 0 aliphatic carbocycles. The first-order chi connectivity index (χ1) is 15.4. The zero-order valence-corrected chi connectivity index (χ0v) is 17.9. The van der Waals surface area contributed by atoms with Gasteiger partial charge >= 0.3 is 12.1 Å². The highest BCUT2D eigenvalue weighted by Crippen LogP contribution is 2.43. The summed E-state index contributed by atoms with van der Waals surface area (Å²) in [6, 6.07) is 13.2. The molecule has 2 aromatic carbocycles. The molecule has 2 amide bonds. The molecule has 0 bridgehead atoms. The smallest absolute Gasteiger partial charge is 0.407 e.